The minimum Gasteiger partial charge on any atom is -0.496 e. The van der Waals surface area contributed by atoms with Crippen LogP contribution in [0.15, 0.2) is 42.5 Å². The molecule has 1 atom stereocenters. The molecule has 0 aromatic heterocycles. The van der Waals surface area contributed by atoms with Crippen LogP contribution < -0.4 is 18.9 Å². The number of carbonyl (C=O) groups is 1. The first kappa shape index (κ1) is 22.0. The van der Waals surface area contributed by atoms with Crippen molar-refractivity contribution in [2.75, 3.05) is 34.4 Å². The number of rotatable bonds is 7. The molecule has 162 valence electrons. The predicted molar refractivity (Wildman–Crippen MR) is 117 cm³/mol. The maximum Gasteiger partial charge on any atom is 0.263 e. The highest BCUT2D eigenvalue weighted by atomic mass is 16.5. The summed E-state index contributed by atoms with van der Waals surface area (Å²) in [7, 11) is 4.82. The number of amides is 1. The molecule has 1 amide bonds. The SMILES string of the molecule is COc1cc(OC)c(C2=CCN(C(=O)[C@H](C)Oc3ccc(C#N)cc3)CC2)c(OC)c1. The highest BCUT2D eigenvalue weighted by Crippen LogP contribution is 2.40. The monoisotopic (exact) mass is 422 g/mol. The average molecular weight is 422 g/mol. The standard InChI is InChI=1S/C24H26N2O5/c1-16(31-19-7-5-17(15-25)6-8-19)24(27)26-11-9-18(10-12-26)23-21(29-3)13-20(28-2)14-22(23)30-4/h5-9,13-14,16H,10-12H2,1-4H3/t16-/m0/s1. The summed E-state index contributed by atoms with van der Waals surface area (Å²) in [6.45, 7) is 2.76. The van der Waals surface area contributed by atoms with E-state index in [9.17, 15) is 4.79 Å². The summed E-state index contributed by atoms with van der Waals surface area (Å²) in [5.74, 6) is 2.45. The van der Waals surface area contributed by atoms with Gasteiger partial charge in [-0.25, -0.2) is 0 Å². The topological polar surface area (TPSA) is 81.0 Å². The van der Waals surface area contributed by atoms with Gasteiger partial charge in [-0.15, -0.1) is 0 Å². The summed E-state index contributed by atoms with van der Waals surface area (Å²) in [4.78, 5) is 14.6. The van der Waals surface area contributed by atoms with Crippen molar-refractivity contribution >= 4 is 11.5 Å². The number of hydrogen-bond acceptors (Lipinski definition) is 6. The van der Waals surface area contributed by atoms with Crippen LogP contribution >= 0.6 is 0 Å². The minimum absolute atomic E-state index is 0.0895. The normalized spacial score (nSPS) is 14.2. The number of methoxy groups -OCH3 is 3. The largest absolute Gasteiger partial charge is 0.496 e. The van der Waals surface area contributed by atoms with E-state index in [2.05, 4.69) is 6.07 Å². The zero-order chi connectivity index (χ0) is 22.4. The summed E-state index contributed by atoms with van der Waals surface area (Å²) in [6, 6.07) is 12.4. The Kier molecular flexibility index (Phi) is 7.03. The van der Waals surface area contributed by atoms with Gasteiger partial charge in [0.2, 0.25) is 0 Å². The number of benzene rings is 2. The third-order valence-corrected chi connectivity index (χ3v) is 5.20. The third-order valence-electron chi connectivity index (χ3n) is 5.20. The van der Waals surface area contributed by atoms with Crippen LogP contribution in [0.5, 0.6) is 23.0 Å². The number of ether oxygens (including phenoxy) is 4. The van der Waals surface area contributed by atoms with E-state index in [0.717, 1.165) is 11.1 Å². The van der Waals surface area contributed by atoms with Crippen molar-refractivity contribution in [2.24, 2.45) is 0 Å². The van der Waals surface area contributed by atoms with E-state index in [1.165, 1.54) is 0 Å². The summed E-state index contributed by atoms with van der Waals surface area (Å²) >= 11 is 0. The highest BCUT2D eigenvalue weighted by molar-refractivity contribution is 5.83. The first-order valence-corrected chi connectivity index (χ1v) is 9.95. The molecule has 0 aliphatic carbocycles. The van der Waals surface area contributed by atoms with Gasteiger partial charge < -0.3 is 23.8 Å². The molecule has 2 aromatic rings. The van der Waals surface area contributed by atoms with E-state index in [1.54, 1.807) is 57.4 Å². The summed E-state index contributed by atoms with van der Waals surface area (Å²) < 4.78 is 22.2. The van der Waals surface area contributed by atoms with Gasteiger partial charge in [-0.05, 0) is 43.2 Å². The molecule has 1 aliphatic rings. The van der Waals surface area contributed by atoms with E-state index in [1.807, 2.05) is 18.2 Å². The van der Waals surface area contributed by atoms with Gasteiger partial charge in [0.15, 0.2) is 6.10 Å². The van der Waals surface area contributed by atoms with Gasteiger partial charge in [-0.2, -0.15) is 5.26 Å². The molecule has 0 unspecified atom stereocenters. The molecule has 7 nitrogen and oxygen atoms in total. The van der Waals surface area contributed by atoms with Crippen molar-refractivity contribution in [3.63, 3.8) is 0 Å². The Balaban J connectivity index is 1.72. The molecular weight excluding hydrogens is 396 g/mol. The van der Waals surface area contributed by atoms with Crippen molar-refractivity contribution in [1.29, 1.82) is 5.26 Å². The number of nitriles is 1. The number of hydrogen-bond donors (Lipinski definition) is 0. The third kappa shape index (κ3) is 4.92. The molecule has 0 saturated heterocycles. The van der Waals surface area contributed by atoms with Gasteiger partial charge in [-0.3, -0.25) is 4.79 Å². The Morgan fingerprint density at radius 3 is 2.16 bits per heavy atom. The molecule has 0 saturated carbocycles. The van der Waals surface area contributed by atoms with Crippen LogP contribution in [0.4, 0.5) is 0 Å². The fourth-order valence-corrected chi connectivity index (χ4v) is 3.54. The molecule has 0 fully saturated rings. The Labute approximate surface area is 182 Å². The molecule has 1 heterocycles. The predicted octanol–water partition coefficient (Wildman–Crippen LogP) is 3.67. The lowest BCUT2D eigenvalue weighted by Crippen LogP contribution is -2.42. The second-order valence-corrected chi connectivity index (χ2v) is 7.07. The van der Waals surface area contributed by atoms with E-state index < -0.39 is 6.10 Å². The molecule has 1 aliphatic heterocycles. The molecule has 31 heavy (non-hydrogen) atoms. The first-order chi connectivity index (χ1) is 15.0. The van der Waals surface area contributed by atoms with Crippen molar-refractivity contribution in [2.45, 2.75) is 19.4 Å². The summed E-state index contributed by atoms with van der Waals surface area (Å²) in [6.07, 6.45) is 2.05. The van der Waals surface area contributed by atoms with Crippen LogP contribution in [0.2, 0.25) is 0 Å². The van der Waals surface area contributed by atoms with E-state index >= 15 is 0 Å². The molecule has 7 heteroatoms. The highest BCUT2D eigenvalue weighted by Gasteiger charge is 2.26. The lowest BCUT2D eigenvalue weighted by atomic mass is 9.97. The Hall–Kier alpha value is -3.66. The van der Waals surface area contributed by atoms with Crippen LogP contribution in [0, 0.1) is 11.3 Å². The number of carbonyl (C=O) groups excluding carboxylic acids is 1. The quantitative estimate of drug-likeness (QED) is 0.677. The van der Waals surface area contributed by atoms with Gasteiger partial charge in [0.05, 0.1) is 38.5 Å². The molecular formula is C24H26N2O5. The molecule has 0 N–H and O–H groups in total. The molecule has 2 aromatic carbocycles. The van der Waals surface area contributed by atoms with Crippen LogP contribution in [-0.2, 0) is 4.79 Å². The second kappa shape index (κ2) is 9.90. The fraction of sp³-hybridized carbons (Fsp3) is 0.333. The maximum absolute atomic E-state index is 12.9. The van der Waals surface area contributed by atoms with Crippen molar-refractivity contribution < 1.29 is 23.7 Å². The molecule has 0 spiro atoms. The van der Waals surface area contributed by atoms with Gasteiger partial charge >= 0.3 is 0 Å². The Morgan fingerprint density at radius 2 is 1.68 bits per heavy atom. The smallest absolute Gasteiger partial charge is 0.263 e. The zero-order valence-corrected chi connectivity index (χ0v) is 18.2. The maximum atomic E-state index is 12.9. The van der Waals surface area contributed by atoms with Crippen LogP contribution in [0.3, 0.4) is 0 Å². The van der Waals surface area contributed by atoms with Crippen molar-refractivity contribution in [3.05, 3.63) is 53.6 Å². The van der Waals surface area contributed by atoms with Crippen LogP contribution in [-0.4, -0.2) is 51.3 Å². The fourth-order valence-electron chi connectivity index (χ4n) is 3.54. The summed E-state index contributed by atoms with van der Waals surface area (Å²) in [5.41, 5.74) is 2.48. The van der Waals surface area contributed by atoms with E-state index in [0.29, 0.717) is 48.1 Å². The van der Waals surface area contributed by atoms with Gasteiger partial charge in [-0.1, -0.05) is 6.08 Å². The molecule has 3 rings (SSSR count). The average Bonchev–Trinajstić information content (AvgIpc) is 2.83. The van der Waals surface area contributed by atoms with Crippen LogP contribution in [0.1, 0.15) is 24.5 Å². The van der Waals surface area contributed by atoms with E-state index in [-0.39, 0.29) is 5.91 Å². The Bertz CT molecular complexity index is 983. The zero-order valence-electron chi connectivity index (χ0n) is 18.2. The lowest BCUT2D eigenvalue weighted by Gasteiger charge is -2.30. The van der Waals surface area contributed by atoms with Crippen molar-refractivity contribution in [3.8, 4) is 29.1 Å². The van der Waals surface area contributed by atoms with Gasteiger partial charge in [0, 0.05) is 25.2 Å². The summed E-state index contributed by atoms with van der Waals surface area (Å²) in [5, 5.41) is 8.89. The van der Waals surface area contributed by atoms with E-state index in [4.69, 9.17) is 24.2 Å². The second-order valence-electron chi connectivity index (χ2n) is 7.07. The molecule has 0 bridgehead atoms. The van der Waals surface area contributed by atoms with Gasteiger partial charge in [0.25, 0.3) is 5.91 Å². The van der Waals surface area contributed by atoms with Crippen molar-refractivity contribution in [1.82, 2.24) is 4.90 Å². The van der Waals surface area contributed by atoms with Gasteiger partial charge in [0.1, 0.15) is 23.0 Å². The van der Waals surface area contributed by atoms with Crippen LogP contribution in [0.25, 0.3) is 5.57 Å². The first-order valence-electron chi connectivity index (χ1n) is 9.95. The molecule has 0 radical (unpaired) electrons. The lowest BCUT2D eigenvalue weighted by molar-refractivity contribution is -0.137. The minimum atomic E-state index is -0.632. The number of nitrogens with zero attached hydrogens (tertiary/aromatic N) is 2. The Morgan fingerprint density at radius 1 is 1.03 bits per heavy atom.